The van der Waals surface area contributed by atoms with Gasteiger partial charge in [-0.25, -0.2) is 9.97 Å². The molecule has 1 amide bonds. The fourth-order valence-corrected chi connectivity index (χ4v) is 2.74. The van der Waals surface area contributed by atoms with Crippen LogP contribution >= 0.6 is 0 Å². The van der Waals surface area contributed by atoms with E-state index in [-0.39, 0.29) is 5.91 Å². The molecule has 0 fully saturated rings. The summed E-state index contributed by atoms with van der Waals surface area (Å²) >= 11 is 0. The Balaban J connectivity index is 1.62. The van der Waals surface area contributed by atoms with E-state index in [0.29, 0.717) is 36.0 Å². The number of aryl methyl sites for hydroxylation is 1. The van der Waals surface area contributed by atoms with Crippen molar-refractivity contribution in [1.29, 1.82) is 0 Å². The summed E-state index contributed by atoms with van der Waals surface area (Å²) in [6.45, 7) is 4.86. The minimum Gasteiger partial charge on any atom is -0.497 e. The predicted molar refractivity (Wildman–Crippen MR) is 113 cm³/mol. The molecule has 0 radical (unpaired) electrons. The lowest BCUT2D eigenvalue weighted by atomic mass is 10.2. The minimum absolute atomic E-state index is 0.258. The summed E-state index contributed by atoms with van der Waals surface area (Å²) in [7, 11) is 1.64. The normalized spacial score (nSPS) is 10.3. The number of benzene rings is 2. The van der Waals surface area contributed by atoms with Gasteiger partial charge in [0, 0.05) is 18.4 Å². The van der Waals surface area contributed by atoms with Crippen LogP contribution in [0.15, 0.2) is 54.7 Å². The number of methoxy groups -OCH3 is 1. The monoisotopic (exact) mass is 392 g/mol. The van der Waals surface area contributed by atoms with Crippen LogP contribution in [0, 0.1) is 6.92 Å². The van der Waals surface area contributed by atoms with E-state index < -0.39 is 0 Å². The average Bonchev–Trinajstić information content (AvgIpc) is 2.74. The maximum absolute atomic E-state index is 12.6. The third-order valence-corrected chi connectivity index (χ3v) is 4.23. The molecule has 29 heavy (non-hydrogen) atoms. The Labute approximate surface area is 170 Å². The Morgan fingerprint density at radius 3 is 2.59 bits per heavy atom. The molecule has 0 saturated heterocycles. The van der Waals surface area contributed by atoms with E-state index in [2.05, 4.69) is 20.6 Å². The van der Waals surface area contributed by atoms with Crippen LogP contribution in [0.5, 0.6) is 11.5 Å². The standard InChI is InChI=1S/C22H24N4O3/c1-4-29-18-10-8-17(9-11-18)26-21(27)20-14-24-22(25-15(20)2)23-13-16-6-5-7-19(12-16)28-3/h5-12,14H,4,13H2,1-3H3,(H,26,27)(H,23,24,25). The van der Waals surface area contributed by atoms with Gasteiger partial charge in [-0.3, -0.25) is 4.79 Å². The summed E-state index contributed by atoms with van der Waals surface area (Å²) in [5.74, 6) is 1.76. The van der Waals surface area contributed by atoms with E-state index >= 15 is 0 Å². The number of hydrogen-bond acceptors (Lipinski definition) is 6. The first-order chi connectivity index (χ1) is 14.1. The molecule has 0 aliphatic carbocycles. The first kappa shape index (κ1) is 20.1. The Hall–Kier alpha value is -3.61. The summed E-state index contributed by atoms with van der Waals surface area (Å²) in [6.07, 6.45) is 1.53. The second-order valence-corrected chi connectivity index (χ2v) is 6.31. The average molecular weight is 392 g/mol. The summed E-state index contributed by atoms with van der Waals surface area (Å²) in [5.41, 5.74) is 2.74. The molecule has 0 saturated carbocycles. The van der Waals surface area contributed by atoms with Gasteiger partial charge in [-0.1, -0.05) is 12.1 Å². The smallest absolute Gasteiger partial charge is 0.259 e. The zero-order valence-corrected chi connectivity index (χ0v) is 16.7. The molecular weight excluding hydrogens is 368 g/mol. The lowest BCUT2D eigenvalue weighted by Crippen LogP contribution is -2.15. The molecule has 3 rings (SSSR count). The third-order valence-electron chi connectivity index (χ3n) is 4.23. The molecular formula is C22H24N4O3. The summed E-state index contributed by atoms with van der Waals surface area (Å²) in [4.78, 5) is 21.2. The molecule has 150 valence electrons. The number of amides is 1. The van der Waals surface area contributed by atoms with E-state index in [1.807, 2.05) is 43.3 Å². The number of ether oxygens (including phenoxy) is 2. The molecule has 3 aromatic rings. The molecule has 0 spiro atoms. The summed E-state index contributed by atoms with van der Waals surface area (Å²) < 4.78 is 10.6. The van der Waals surface area contributed by atoms with Crippen molar-refractivity contribution in [2.75, 3.05) is 24.4 Å². The van der Waals surface area contributed by atoms with Gasteiger partial charge in [0.1, 0.15) is 11.5 Å². The molecule has 1 aromatic heterocycles. The largest absolute Gasteiger partial charge is 0.497 e. The predicted octanol–water partition coefficient (Wildman–Crippen LogP) is 4.06. The lowest BCUT2D eigenvalue weighted by Gasteiger charge is -2.10. The number of carbonyl (C=O) groups is 1. The van der Waals surface area contributed by atoms with Crippen LogP contribution in [0.1, 0.15) is 28.5 Å². The molecule has 7 heteroatoms. The van der Waals surface area contributed by atoms with Crippen molar-refractivity contribution in [3.05, 3.63) is 71.5 Å². The highest BCUT2D eigenvalue weighted by atomic mass is 16.5. The Bertz CT molecular complexity index is 974. The van der Waals surface area contributed by atoms with E-state index in [4.69, 9.17) is 9.47 Å². The van der Waals surface area contributed by atoms with Gasteiger partial charge in [0.2, 0.25) is 5.95 Å². The van der Waals surface area contributed by atoms with Crippen molar-refractivity contribution in [2.24, 2.45) is 0 Å². The Morgan fingerprint density at radius 1 is 1.10 bits per heavy atom. The molecule has 0 unspecified atom stereocenters. The third kappa shape index (κ3) is 5.44. The summed E-state index contributed by atoms with van der Waals surface area (Å²) in [6, 6.07) is 15.0. The topological polar surface area (TPSA) is 85.4 Å². The maximum atomic E-state index is 12.6. The molecule has 2 aromatic carbocycles. The van der Waals surface area contributed by atoms with Gasteiger partial charge < -0.3 is 20.1 Å². The Morgan fingerprint density at radius 2 is 1.90 bits per heavy atom. The quantitative estimate of drug-likeness (QED) is 0.601. The molecule has 0 aliphatic heterocycles. The first-order valence-corrected chi connectivity index (χ1v) is 9.33. The van der Waals surface area contributed by atoms with Crippen molar-refractivity contribution in [3.8, 4) is 11.5 Å². The van der Waals surface area contributed by atoms with Crippen molar-refractivity contribution in [2.45, 2.75) is 20.4 Å². The van der Waals surface area contributed by atoms with Crippen molar-refractivity contribution in [3.63, 3.8) is 0 Å². The van der Waals surface area contributed by atoms with E-state index in [1.165, 1.54) is 6.20 Å². The molecule has 0 aliphatic rings. The van der Waals surface area contributed by atoms with Gasteiger partial charge >= 0.3 is 0 Å². The molecule has 7 nitrogen and oxygen atoms in total. The van der Waals surface area contributed by atoms with Crippen LogP contribution < -0.4 is 20.1 Å². The Kier molecular flexibility index (Phi) is 6.63. The molecule has 1 heterocycles. The van der Waals surface area contributed by atoms with Gasteiger partial charge in [0.05, 0.1) is 25.0 Å². The number of nitrogens with one attached hydrogen (secondary N) is 2. The van der Waals surface area contributed by atoms with E-state index in [9.17, 15) is 4.79 Å². The van der Waals surface area contributed by atoms with E-state index in [0.717, 1.165) is 17.1 Å². The molecule has 2 N–H and O–H groups in total. The van der Waals surface area contributed by atoms with Crippen LogP contribution in [0.3, 0.4) is 0 Å². The molecule has 0 bridgehead atoms. The number of anilines is 2. The van der Waals surface area contributed by atoms with Crippen molar-refractivity contribution >= 4 is 17.5 Å². The van der Waals surface area contributed by atoms with Crippen LogP contribution in [-0.2, 0) is 6.54 Å². The highest BCUT2D eigenvalue weighted by Gasteiger charge is 2.12. The zero-order valence-electron chi connectivity index (χ0n) is 16.7. The van der Waals surface area contributed by atoms with Crippen LogP contribution in [-0.4, -0.2) is 29.6 Å². The van der Waals surface area contributed by atoms with Gasteiger partial charge in [-0.2, -0.15) is 0 Å². The fourth-order valence-electron chi connectivity index (χ4n) is 2.74. The van der Waals surface area contributed by atoms with Crippen LogP contribution in [0.25, 0.3) is 0 Å². The van der Waals surface area contributed by atoms with Gasteiger partial charge in [0.25, 0.3) is 5.91 Å². The number of aromatic nitrogens is 2. The minimum atomic E-state index is -0.258. The van der Waals surface area contributed by atoms with Crippen LogP contribution in [0.2, 0.25) is 0 Å². The van der Waals surface area contributed by atoms with Crippen molar-refractivity contribution < 1.29 is 14.3 Å². The maximum Gasteiger partial charge on any atom is 0.259 e. The summed E-state index contributed by atoms with van der Waals surface area (Å²) in [5, 5.41) is 6.01. The number of carbonyl (C=O) groups excluding carboxylic acids is 1. The van der Waals surface area contributed by atoms with Gasteiger partial charge in [-0.05, 0) is 55.8 Å². The fraction of sp³-hybridized carbons (Fsp3) is 0.227. The zero-order chi connectivity index (χ0) is 20.6. The van der Waals surface area contributed by atoms with Gasteiger partial charge in [-0.15, -0.1) is 0 Å². The highest BCUT2D eigenvalue weighted by Crippen LogP contribution is 2.18. The number of nitrogens with zero attached hydrogens (tertiary/aromatic N) is 2. The second-order valence-electron chi connectivity index (χ2n) is 6.31. The first-order valence-electron chi connectivity index (χ1n) is 9.33. The number of hydrogen-bond donors (Lipinski definition) is 2. The second kappa shape index (κ2) is 9.54. The highest BCUT2D eigenvalue weighted by molar-refractivity contribution is 6.04. The lowest BCUT2D eigenvalue weighted by molar-refractivity contribution is 0.102. The number of rotatable bonds is 8. The van der Waals surface area contributed by atoms with Crippen LogP contribution in [0.4, 0.5) is 11.6 Å². The van der Waals surface area contributed by atoms with E-state index in [1.54, 1.807) is 26.2 Å². The SMILES string of the molecule is CCOc1ccc(NC(=O)c2cnc(NCc3cccc(OC)c3)nc2C)cc1. The van der Waals surface area contributed by atoms with Gasteiger partial charge in [0.15, 0.2) is 0 Å². The van der Waals surface area contributed by atoms with Crippen molar-refractivity contribution in [1.82, 2.24) is 9.97 Å². The molecule has 0 atom stereocenters.